The molecule has 0 spiro atoms. The van der Waals surface area contributed by atoms with Crippen molar-refractivity contribution in [3.63, 3.8) is 0 Å². The van der Waals surface area contributed by atoms with Gasteiger partial charge in [-0.1, -0.05) is 42.5 Å². The summed E-state index contributed by atoms with van der Waals surface area (Å²) in [5.41, 5.74) is 2.40. The van der Waals surface area contributed by atoms with Gasteiger partial charge >= 0.3 is 5.97 Å². The number of nitrogens with one attached hydrogen (secondary N) is 1. The number of nitrogens with zero attached hydrogens (tertiary/aromatic N) is 3. The number of hydrogen-bond acceptors (Lipinski definition) is 5. The van der Waals surface area contributed by atoms with Crippen molar-refractivity contribution in [1.82, 2.24) is 20.2 Å². The van der Waals surface area contributed by atoms with Crippen molar-refractivity contribution >= 4 is 33.4 Å². The van der Waals surface area contributed by atoms with Crippen LogP contribution in [0.4, 0.5) is 8.78 Å². The maximum Gasteiger partial charge on any atom is 0.326 e. The first-order chi connectivity index (χ1) is 19.7. The largest absolute Gasteiger partial charge is 0.480 e. The smallest absolute Gasteiger partial charge is 0.326 e. The number of carbonyl (C=O) groups excluding carboxylic acids is 1. The molecule has 2 N–H and O–H groups in total. The first-order valence-electron chi connectivity index (χ1n) is 13.1. The van der Waals surface area contributed by atoms with Gasteiger partial charge in [0.05, 0.1) is 5.69 Å². The zero-order chi connectivity index (χ0) is 29.1. The zero-order valence-corrected chi connectivity index (χ0v) is 22.6. The van der Waals surface area contributed by atoms with Gasteiger partial charge in [-0.05, 0) is 60.1 Å². The molecular weight excluding hydrogens is 526 g/mol. The van der Waals surface area contributed by atoms with E-state index in [1.807, 2.05) is 50.5 Å². The van der Waals surface area contributed by atoms with Gasteiger partial charge in [0.1, 0.15) is 23.2 Å². The molecule has 0 saturated carbocycles. The molecule has 0 unspecified atom stereocenters. The summed E-state index contributed by atoms with van der Waals surface area (Å²) < 4.78 is 28.3. The number of rotatable bonds is 9. The fraction of sp³-hybridized carbons (Fsp3) is 0.188. The molecule has 0 aliphatic heterocycles. The highest BCUT2D eigenvalue weighted by Crippen LogP contribution is 2.34. The van der Waals surface area contributed by atoms with Crippen LogP contribution in [0.3, 0.4) is 0 Å². The minimum Gasteiger partial charge on any atom is -0.480 e. The van der Waals surface area contributed by atoms with Crippen molar-refractivity contribution in [3.05, 3.63) is 108 Å². The molecule has 208 valence electrons. The van der Waals surface area contributed by atoms with Crippen LogP contribution in [-0.4, -0.2) is 58.5 Å². The van der Waals surface area contributed by atoms with Crippen molar-refractivity contribution in [2.45, 2.75) is 18.9 Å². The van der Waals surface area contributed by atoms with Crippen LogP contribution in [0.5, 0.6) is 0 Å². The van der Waals surface area contributed by atoms with E-state index in [2.05, 4.69) is 21.3 Å². The SMILES string of the molecule is CN(C)CCc1cc2ccncc2c(-c2cccc3c(C[C@H](NC(=O)c4c(F)cccc4F)C(=O)O)cccc23)n1. The van der Waals surface area contributed by atoms with Crippen LogP contribution < -0.4 is 5.32 Å². The first-order valence-corrected chi connectivity index (χ1v) is 13.1. The van der Waals surface area contributed by atoms with E-state index in [1.54, 1.807) is 18.5 Å². The number of carbonyl (C=O) groups is 2. The van der Waals surface area contributed by atoms with Crippen molar-refractivity contribution in [2.75, 3.05) is 20.6 Å². The summed E-state index contributed by atoms with van der Waals surface area (Å²) in [5, 5.41) is 15.7. The molecule has 0 aliphatic carbocycles. The maximum absolute atomic E-state index is 14.2. The fourth-order valence-electron chi connectivity index (χ4n) is 4.94. The number of pyridine rings is 2. The number of amides is 1. The second-order valence-electron chi connectivity index (χ2n) is 10.1. The average Bonchev–Trinajstić information content (AvgIpc) is 2.95. The third-order valence-electron chi connectivity index (χ3n) is 6.99. The Kier molecular flexibility index (Phi) is 7.98. The topological polar surface area (TPSA) is 95.4 Å². The van der Waals surface area contributed by atoms with E-state index in [0.29, 0.717) is 5.56 Å². The molecule has 2 aromatic heterocycles. The van der Waals surface area contributed by atoms with Gasteiger partial charge in [-0.2, -0.15) is 0 Å². The highest BCUT2D eigenvalue weighted by Gasteiger charge is 2.25. The summed E-state index contributed by atoms with van der Waals surface area (Å²) in [6.45, 7) is 0.835. The lowest BCUT2D eigenvalue weighted by molar-refractivity contribution is -0.139. The van der Waals surface area contributed by atoms with Crippen molar-refractivity contribution < 1.29 is 23.5 Å². The van der Waals surface area contributed by atoms with Crippen LogP contribution in [0.15, 0.2) is 79.1 Å². The molecule has 1 atom stereocenters. The highest BCUT2D eigenvalue weighted by atomic mass is 19.1. The summed E-state index contributed by atoms with van der Waals surface area (Å²) in [6, 6.07) is 16.9. The van der Waals surface area contributed by atoms with Crippen molar-refractivity contribution in [2.24, 2.45) is 0 Å². The molecule has 0 aliphatic rings. The van der Waals surface area contributed by atoms with E-state index in [9.17, 15) is 23.5 Å². The van der Waals surface area contributed by atoms with E-state index >= 15 is 0 Å². The van der Waals surface area contributed by atoms with Gasteiger partial charge in [0.2, 0.25) is 0 Å². The summed E-state index contributed by atoms with van der Waals surface area (Å²) in [7, 11) is 4.02. The standard InChI is InChI=1S/C32H28F2N4O3/c1-38(2)15-13-21-16-20-12-14-35-18-25(20)30(36-21)24-9-4-7-22-19(6-3-8-23(22)24)17-28(32(40)41)37-31(39)29-26(33)10-5-11-27(29)34/h3-12,14,16,18,28H,13,15,17H2,1-2H3,(H,37,39)(H,40,41)/t28-/m0/s1. The van der Waals surface area contributed by atoms with Gasteiger partial charge in [-0.15, -0.1) is 0 Å². The molecule has 41 heavy (non-hydrogen) atoms. The predicted molar refractivity (Wildman–Crippen MR) is 154 cm³/mol. The van der Waals surface area contributed by atoms with E-state index in [-0.39, 0.29) is 6.42 Å². The number of carboxylic acid groups (broad SMARTS) is 1. The Labute approximate surface area is 235 Å². The van der Waals surface area contributed by atoms with Crippen LogP contribution in [0.25, 0.3) is 32.8 Å². The van der Waals surface area contributed by atoms with Crippen molar-refractivity contribution in [1.29, 1.82) is 0 Å². The molecule has 1 amide bonds. The van der Waals surface area contributed by atoms with E-state index < -0.39 is 35.1 Å². The Morgan fingerprint density at radius 3 is 2.39 bits per heavy atom. The Hall–Kier alpha value is -4.76. The normalized spacial score (nSPS) is 12.1. The molecule has 9 heteroatoms. The predicted octanol–water partition coefficient (Wildman–Crippen LogP) is 5.26. The lowest BCUT2D eigenvalue weighted by Crippen LogP contribution is -2.43. The summed E-state index contributed by atoms with van der Waals surface area (Å²) in [5.74, 6) is -4.59. The number of aliphatic carboxylic acids is 1. The van der Waals surface area contributed by atoms with E-state index in [4.69, 9.17) is 4.98 Å². The van der Waals surface area contributed by atoms with Gasteiger partial charge in [0.25, 0.3) is 5.91 Å². The molecule has 0 bridgehead atoms. The molecule has 5 rings (SSSR count). The Morgan fingerprint density at radius 1 is 0.951 bits per heavy atom. The van der Waals surface area contributed by atoms with Crippen molar-refractivity contribution in [3.8, 4) is 11.3 Å². The minimum absolute atomic E-state index is 0.101. The number of benzene rings is 3. The second-order valence-corrected chi connectivity index (χ2v) is 10.1. The summed E-state index contributed by atoms with van der Waals surface area (Å²) in [6.07, 6.45) is 4.19. The van der Waals surface area contributed by atoms with Gasteiger partial charge in [0, 0.05) is 48.4 Å². The monoisotopic (exact) mass is 554 g/mol. The minimum atomic E-state index is -1.42. The van der Waals surface area contributed by atoms with Gasteiger partial charge < -0.3 is 15.3 Å². The Bertz CT molecular complexity index is 1750. The lowest BCUT2D eigenvalue weighted by atomic mass is 9.93. The molecule has 7 nitrogen and oxygen atoms in total. The highest BCUT2D eigenvalue weighted by molar-refractivity contribution is 6.05. The zero-order valence-electron chi connectivity index (χ0n) is 22.6. The van der Waals surface area contributed by atoms with E-state index in [1.165, 1.54) is 0 Å². The summed E-state index contributed by atoms with van der Waals surface area (Å²) in [4.78, 5) is 36.2. The number of hydrogen-bond donors (Lipinski definition) is 2. The Balaban J connectivity index is 1.54. The molecule has 0 fully saturated rings. The van der Waals surface area contributed by atoms with Gasteiger partial charge in [-0.25, -0.2) is 13.6 Å². The Morgan fingerprint density at radius 2 is 1.66 bits per heavy atom. The van der Waals surface area contributed by atoms with Crippen LogP contribution in [0.2, 0.25) is 0 Å². The molecular formula is C32H28F2N4O3. The van der Waals surface area contributed by atoms with Crippen LogP contribution in [-0.2, 0) is 17.6 Å². The number of fused-ring (bicyclic) bond motifs is 2. The number of halogens is 2. The third-order valence-corrected chi connectivity index (χ3v) is 6.99. The maximum atomic E-state index is 14.2. The molecule has 0 saturated heterocycles. The number of aromatic nitrogens is 2. The summed E-state index contributed by atoms with van der Waals surface area (Å²) >= 11 is 0. The van der Waals surface area contributed by atoms with E-state index in [0.717, 1.165) is 69.7 Å². The fourth-order valence-corrected chi connectivity index (χ4v) is 4.94. The van der Waals surface area contributed by atoms with Crippen LogP contribution >= 0.6 is 0 Å². The number of likely N-dealkylation sites (N-methyl/N-ethyl adjacent to an activating group) is 1. The van der Waals surface area contributed by atoms with Crippen LogP contribution in [0, 0.1) is 11.6 Å². The molecule has 2 heterocycles. The molecule has 5 aromatic rings. The molecule has 0 radical (unpaired) electrons. The van der Waals surface area contributed by atoms with Crippen LogP contribution in [0.1, 0.15) is 21.6 Å². The molecule has 3 aromatic carbocycles. The lowest BCUT2D eigenvalue weighted by Gasteiger charge is -2.18. The second kappa shape index (κ2) is 11.8. The van der Waals surface area contributed by atoms with Gasteiger partial charge in [-0.3, -0.25) is 14.8 Å². The third kappa shape index (κ3) is 5.90. The number of carboxylic acids is 1. The quantitative estimate of drug-likeness (QED) is 0.258. The first kappa shape index (κ1) is 27.8. The van der Waals surface area contributed by atoms with Gasteiger partial charge in [0.15, 0.2) is 0 Å². The average molecular weight is 555 g/mol.